The first-order valence-electron chi connectivity index (χ1n) is 11.9. The Morgan fingerprint density at radius 1 is 1.03 bits per heavy atom. The molecule has 4 rings (SSSR count). The van der Waals surface area contributed by atoms with E-state index in [1.165, 1.54) is 49.2 Å². The molecule has 2 aromatic carbocycles. The first-order valence-corrected chi connectivity index (χ1v) is 11.9. The molecule has 6 nitrogen and oxygen atoms in total. The number of hydrogen-bond acceptors (Lipinski definition) is 4. The van der Waals surface area contributed by atoms with E-state index in [2.05, 4.69) is 67.9 Å². The first kappa shape index (κ1) is 25.6. The summed E-state index contributed by atoms with van der Waals surface area (Å²) < 4.78 is 5.37. The molecule has 33 heavy (non-hydrogen) atoms. The zero-order chi connectivity index (χ0) is 22.2. The molecule has 1 atom stereocenters. The summed E-state index contributed by atoms with van der Waals surface area (Å²) >= 11 is 0. The quantitative estimate of drug-likeness (QED) is 0.288. The van der Waals surface area contributed by atoms with Crippen molar-refractivity contribution in [1.82, 2.24) is 15.5 Å². The second kappa shape index (κ2) is 13.0. The minimum atomic E-state index is 0. The van der Waals surface area contributed by atoms with Gasteiger partial charge in [-0.15, -0.1) is 24.0 Å². The van der Waals surface area contributed by atoms with Crippen molar-refractivity contribution in [3.8, 4) is 5.75 Å². The average molecular weight is 564 g/mol. The number of ether oxygens (including phenoxy) is 1. The molecule has 2 N–H and O–H groups in total. The van der Waals surface area contributed by atoms with Crippen LogP contribution < -0.4 is 20.3 Å². The van der Waals surface area contributed by atoms with Crippen LogP contribution >= 0.6 is 24.0 Å². The van der Waals surface area contributed by atoms with Crippen LogP contribution in [-0.2, 0) is 13.1 Å². The summed E-state index contributed by atoms with van der Waals surface area (Å²) in [5, 5.41) is 6.98. The molecule has 0 radical (unpaired) electrons. The van der Waals surface area contributed by atoms with Crippen molar-refractivity contribution in [2.75, 3.05) is 51.8 Å². The maximum absolute atomic E-state index is 5.37. The predicted octanol–water partition coefficient (Wildman–Crippen LogP) is 4.10. The van der Waals surface area contributed by atoms with Gasteiger partial charge in [-0.1, -0.05) is 30.3 Å². The molecule has 2 aromatic rings. The molecule has 0 aromatic heterocycles. The van der Waals surface area contributed by atoms with Gasteiger partial charge in [0.2, 0.25) is 0 Å². The molecule has 2 aliphatic rings. The highest BCUT2D eigenvalue weighted by molar-refractivity contribution is 14.0. The molecule has 2 fully saturated rings. The van der Waals surface area contributed by atoms with Gasteiger partial charge >= 0.3 is 0 Å². The topological polar surface area (TPSA) is 52.1 Å². The second-order valence-electron chi connectivity index (χ2n) is 8.91. The minimum Gasteiger partial charge on any atom is -0.497 e. The molecule has 1 unspecified atom stereocenters. The Balaban J connectivity index is 0.00000306. The lowest BCUT2D eigenvalue weighted by Crippen LogP contribution is -2.39. The fourth-order valence-electron chi connectivity index (χ4n) is 4.65. The van der Waals surface area contributed by atoms with E-state index in [1.807, 2.05) is 13.1 Å². The van der Waals surface area contributed by atoms with Gasteiger partial charge in [0.1, 0.15) is 5.75 Å². The maximum Gasteiger partial charge on any atom is 0.191 e. The van der Waals surface area contributed by atoms with Gasteiger partial charge in [0.05, 0.1) is 7.11 Å². The first-order chi connectivity index (χ1) is 15.7. The van der Waals surface area contributed by atoms with Gasteiger partial charge in [0, 0.05) is 51.5 Å². The number of guanidine groups is 1. The summed E-state index contributed by atoms with van der Waals surface area (Å²) in [4.78, 5) is 9.39. The molecule has 180 valence electrons. The van der Waals surface area contributed by atoms with Crippen molar-refractivity contribution in [3.63, 3.8) is 0 Å². The van der Waals surface area contributed by atoms with E-state index in [1.54, 1.807) is 7.11 Å². The number of anilines is 1. The Kier molecular flexibility index (Phi) is 10.1. The van der Waals surface area contributed by atoms with Crippen LogP contribution in [0.3, 0.4) is 0 Å². The third-order valence-electron chi connectivity index (χ3n) is 6.57. The lowest BCUT2D eigenvalue weighted by atomic mass is 10.1. The number of rotatable bonds is 8. The van der Waals surface area contributed by atoms with Crippen LogP contribution in [0.2, 0.25) is 0 Å². The zero-order valence-corrected chi connectivity index (χ0v) is 22.3. The Bertz CT molecular complexity index is 883. The van der Waals surface area contributed by atoms with Crippen molar-refractivity contribution < 1.29 is 4.74 Å². The highest BCUT2D eigenvalue weighted by Crippen LogP contribution is 2.26. The highest BCUT2D eigenvalue weighted by Gasteiger charge is 2.23. The molecular formula is C26H38IN5O. The Labute approximate surface area is 215 Å². The zero-order valence-electron chi connectivity index (χ0n) is 19.9. The number of aliphatic imine (C=N–C) groups is 1. The molecular weight excluding hydrogens is 525 g/mol. The summed E-state index contributed by atoms with van der Waals surface area (Å²) in [5.41, 5.74) is 3.92. The van der Waals surface area contributed by atoms with Gasteiger partial charge in [-0.3, -0.25) is 9.89 Å². The largest absolute Gasteiger partial charge is 0.497 e. The molecule has 7 heteroatoms. The molecule has 2 aliphatic heterocycles. The summed E-state index contributed by atoms with van der Waals surface area (Å²) in [7, 11) is 3.56. The maximum atomic E-state index is 5.37. The summed E-state index contributed by atoms with van der Waals surface area (Å²) in [6.45, 7) is 7.39. The van der Waals surface area contributed by atoms with E-state index >= 15 is 0 Å². The van der Waals surface area contributed by atoms with E-state index in [4.69, 9.17) is 4.74 Å². The lowest BCUT2D eigenvalue weighted by Gasteiger charge is -2.20. The van der Waals surface area contributed by atoms with E-state index in [9.17, 15) is 0 Å². The van der Waals surface area contributed by atoms with Gasteiger partial charge < -0.3 is 20.3 Å². The van der Waals surface area contributed by atoms with E-state index in [-0.39, 0.29) is 24.0 Å². The monoisotopic (exact) mass is 563 g/mol. The smallest absolute Gasteiger partial charge is 0.191 e. The molecule has 2 heterocycles. The van der Waals surface area contributed by atoms with E-state index in [0.29, 0.717) is 5.92 Å². The van der Waals surface area contributed by atoms with Gasteiger partial charge in [0.25, 0.3) is 0 Å². The number of hydrogen-bond donors (Lipinski definition) is 2. The predicted molar refractivity (Wildman–Crippen MR) is 148 cm³/mol. The number of methoxy groups -OCH3 is 1. The van der Waals surface area contributed by atoms with Crippen LogP contribution in [0.4, 0.5) is 5.69 Å². The molecule has 0 bridgehead atoms. The third kappa shape index (κ3) is 7.50. The van der Waals surface area contributed by atoms with Crippen LogP contribution in [-0.4, -0.2) is 57.7 Å². The van der Waals surface area contributed by atoms with Crippen molar-refractivity contribution in [2.24, 2.45) is 10.9 Å². The number of nitrogens with one attached hydrogen (secondary N) is 2. The second-order valence-corrected chi connectivity index (χ2v) is 8.91. The van der Waals surface area contributed by atoms with E-state index < -0.39 is 0 Å². The highest BCUT2D eigenvalue weighted by atomic mass is 127. The average Bonchev–Trinajstić information content (AvgIpc) is 3.52. The minimum absolute atomic E-state index is 0. The van der Waals surface area contributed by atoms with Gasteiger partial charge in [-0.2, -0.15) is 0 Å². The molecule has 0 aliphatic carbocycles. The lowest BCUT2D eigenvalue weighted by molar-refractivity contribution is 0.331. The molecule has 0 saturated carbocycles. The van der Waals surface area contributed by atoms with Crippen LogP contribution in [0.5, 0.6) is 5.75 Å². The van der Waals surface area contributed by atoms with Gasteiger partial charge in [0.15, 0.2) is 5.96 Å². The standard InChI is InChI=1S/C26H37N5O.HI/c1-27-26(28-17-21-8-10-22(11-9-21)19-30-13-3-4-14-30)29-18-23-12-15-31(20-23)24-6-5-7-25(16-24)32-2;/h5-11,16,23H,3-4,12-15,17-20H2,1-2H3,(H2,27,28,29);1H. The van der Waals surface area contributed by atoms with Crippen molar-refractivity contribution in [3.05, 3.63) is 59.7 Å². The summed E-state index contributed by atoms with van der Waals surface area (Å²) in [6, 6.07) is 17.3. The molecule has 2 saturated heterocycles. The Hall–Kier alpha value is -2.00. The fraction of sp³-hybridized carbons (Fsp3) is 0.500. The van der Waals surface area contributed by atoms with Gasteiger partial charge in [-0.25, -0.2) is 0 Å². The summed E-state index contributed by atoms with van der Waals surface area (Å²) in [5.74, 6) is 2.38. The molecule has 0 amide bonds. The van der Waals surface area contributed by atoms with Crippen molar-refractivity contribution in [1.29, 1.82) is 0 Å². The van der Waals surface area contributed by atoms with Crippen LogP contribution in [0.15, 0.2) is 53.5 Å². The summed E-state index contributed by atoms with van der Waals surface area (Å²) in [6.07, 6.45) is 3.86. The number of likely N-dealkylation sites (tertiary alicyclic amines) is 1. The number of halogens is 1. The third-order valence-corrected chi connectivity index (χ3v) is 6.57. The Morgan fingerprint density at radius 3 is 2.52 bits per heavy atom. The fourth-order valence-corrected chi connectivity index (χ4v) is 4.65. The van der Waals surface area contributed by atoms with E-state index in [0.717, 1.165) is 44.4 Å². The molecule has 0 spiro atoms. The van der Waals surface area contributed by atoms with Crippen LogP contribution in [0.1, 0.15) is 30.4 Å². The van der Waals surface area contributed by atoms with Gasteiger partial charge in [-0.05, 0) is 61.5 Å². The SMILES string of the molecule is CN=C(NCc1ccc(CN2CCCC2)cc1)NCC1CCN(c2cccc(OC)c2)C1.I. The number of nitrogens with zero attached hydrogens (tertiary/aromatic N) is 3. The number of benzene rings is 2. The van der Waals surface area contributed by atoms with Crippen molar-refractivity contribution >= 4 is 35.6 Å². The Morgan fingerprint density at radius 2 is 1.79 bits per heavy atom. The van der Waals surface area contributed by atoms with Crippen LogP contribution in [0.25, 0.3) is 0 Å². The normalized spacial score (nSPS) is 18.8. The van der Waals surface area contributed by atoms with Crippen molar-refractivity contribution in [2.45, 2.75) is 32.4 Å². The van der Waals surface area contributed by atoms with Crippen LogP contribution in [0, 0.1) is 5.92 Å².